The number of rotatable bonds is 38. The van der Waals surface area contributed by atoms with Crippen molar-refractivity contribution in [2.75, 3.05) is 86.1 Å². The molecule has 0 aromatic heterocycles. The van der Waals surface area contributed by atoms with Gasteiger partial charge in [0.25, 0.3) is 0 Å². The third-order valence-electron chi connectivity index (χ3n) is 23.5. The number of hydrogen-bond donors (Lipinski definition) is 10. The number of piperidine rings is 3. The third kappa shape index (κ3) is 20.8. The average molecular weight is 1540 g/mol. The van der Waals surface area contributed by atoms with Crippen LogP contribution in [0, 0.1) is 54.9 Å². The van der Waals surface area contributed by atoms with E-state index in [1.807, 2.05) is 38.1 Å². The molecule has 111 heavy (non-hydrogen) atoms. The first kappa shape index (κ1) is 86.4. The molecule has 3 heterocycles. The molecule has 0 aliphatic carbocycles. The fourth-order valence-electron chi connectivity index (χ4n) is 17.5. The molecule has 8 atom stereocenters. The van der Waals surface area contributed by atoms with Crippen molar-refractivity contribution in [1.29, 1.82) is 0 Å². The van der Waals surface area contributed by atoms with Gasteiger partial charge in [-0.05, 0) is 214 Å². The summed E-state index contributed by atoms with van der Waals surface area (Å²) in [6, 6.07) is 30.9. The summed E-state index contributed by atoms with van der Waals surface area (Å²) >= 11 is 0. The number of primary amides is 1. The second-order valence-corrected chi connectivity index (χ2v) is 31.0. The molecule has 9 rings (SSSR count). The van der Waals surface area contributed by atoms with Gasteiger partial charge in [0.2, 0.25) is 29.5 Å². The summed E-state index contributed by atoms with van der Waals surface area (Å²) in [7, 11) is 3.57. The van der Waals surface area contributed by atoms with Crippen LogP contribution in [0.5, 0.6) is 0 Å². The zero-order chi connectivity index (χ0) is 80.2. The van der Waals surface area contributed by atoms with Crippen LogP contribution in [0.3, 0.4) is 0 Å². The van der Waals surface area contributed by atoms with Crippen molar-refractivity contribution in [2.45, 2.75) is 184 Å². The van der Waals surface area contributed by atoms with Gasteiger partial charge in [-0.3, -0.25) is 28.9 Å². The zero-order valence-electron chi connectivity index (χ0n) is 65.1. The standard InChI is InChI=1S/C87H115F4N9O11/c1-6-60-21-8-23-62(52-60)80-69(28-10-31-73(80)90)87(111,65-26-16-48-99(56-65)78(105)38-36-66(92)57-101)42-19-49-100(83(107)108)84(82(93)106,39-17-40-85(109,63-24-14-46-97(54-63)76(103)33-12-43-94-4)70-29-11-32-74(91)81(70)67-51-59(3)35-37-71(67)88)53-75(102)96-45-18-41-86(110,64-25-15-47-98(55-64)77(104)34-13-44-95-5)68-27-9-30-72(89)79(68)61-22-7-20-58(2)50-61/h7-11,20-23,27-32,35,37,50-52,63-66,94-95,101,109-111H,6,12-19,24-26,33-34,36,38-49,53-57,92H2,1-5H3,(H2,93,106)(H,96,102)(H,107,108). The highest BCUT2D eigenvalue weighted by molar-refractivity contribution is 5.94. The van der Waals surface area contributed by atoms with Gasteiger partial charge in [0.1, 0.15) is 28.8 Å². The van der Waals surface area contributed by atoms with Gasteiger partial charge in [-0.25, -0.2) is 22.4 Å². The number of carbonyl (C=O) groups excluding carboxylic acids is 5. The van der Waals surface area contributed by atoms with Gasteiger partial charge in [-0.2, -0.15) is 0 Å². The lowest BCUT2D eigenvalue weighted by atomic mass is 9.70. The van der Waals surface area contributed by atoms with E-state index in [2.05, 4.69) is 16.0 Å². The third-order valence-corrected chi connectivity index (χ3v) is 23.5. The van der Waals surface area contributed by atoms with Crippen LogP contribution in [0.25, 0.3) is 33.4 Å². The predicted molar refractivity (Wildman–Crippen MR) is 421 cm³/mol. The molecule has 0 spiro atoms. The number of halogens is 4. The summed E-state index contributed by atoms with van der Waals surface area (Å²) < 4.78 is 66.8. The Bertz CT molecular complexity index is 4190. The highest BCUT2D eigenvalue weighted by Crippen LogP contribution is 2.50. The Kier molecular flexibility index (Phi) is 30.9. The Morgan fingerprint density at radius 2 is 1.01 bits per heavy atom. The number of carboxylic acid groups (broad SMARTS) is 1. The number of aliphatic hydroxyl groups excluding tert-OH is 1. The average Bonchev–Trinajstić information content (AvgIpc) is 0.765. The van der Waals surface area contributed by atoms with Crippen molar-refractivity contribution < 1.29 is 71.9 Å². The first-order valence-corrected chi connectivity index (χ1v) is 39.7. The number of carbonyl (C=O) groups is 6. The van der Waals surface area contributed by atoms with E-state index in [1.54, 1.807) is 72.1 Å². The maximum atomic E-state index is 16.9. The number of nitrogens with two attached hydrogens (primary N) is 2. The van der Waals surface area contributed by atoms with E-state index in [-0.39, 0.29) is 160 Å². The second-order valence-electron chi connectivity index (χ2n) is 31.0. The number of aryl methyl sites for hydroxylation is 3. The smallest absolute Gasteiger partial charge is 0.408 e. The number of aliphatic hydroxyl groups is 4. The molecule has 0 bridgehead atoms. The number of nitrogens with zero attached hydrogens (tertiary/aromatic N) is 4. The Labute approximate surface area is 650 Å². The van der Waals surface area contributed by atoms with E-state index in [0.29, 0.717) is 101 Å². The topological polar surface area (TPSA) is 305 Å². The Balaban J connectivity index is 1.11. The van der Waals surface area contributed by atoms with Gasteiger partial charge in [0, 0.05) is 118 Å². The van der Waals surface area contributed by atoms with Crippen molar-refractivity contribution in [3.05, 3.63) is 178 Å². The highest BCUT2D eigenvalue weighted by atomic mass is 19.1. The number of hydrogen-bond acceptors (Lipinski definition) is 13. The molecule has 8 unspecified atom stereocenters. The fourth-order valence-corrected chi connectivity index (χ4v) is 17.5. The SMILES string of the molecule is CCc1cccc(-c2c(F)cccc2C(O)(CCCN(C(=O)O)C(CCCC(O)(c2cccc(F)c2-c2cc(C)ccc2F)C2CCCN(C(=O)CCCNC)C2)(CC(=O)NCCCC(O)(c2cccc(F)c2-c2cccc(C)c2)C2CCCN(C(=O)CCCNC)C2)C(N)=O)C2CCCN(C(=O)CCC(N)CO)C2)c1. The van der Waals surface area contributed by atoms with Crippen LogP contribution in [0.1, 0.15) is 169 Å². The van der Waals surface area contributed by atoms with Crippen LogP contribution >= 0.6 is 0 Å². The summed E-state index contributed by atoms with van der Waals surface area (Å²) in [5.41, 5.74) is 7.66. The normalized spacial score (nSPS) is 18.6. The molecule has 3 aliphatic rings. The van der Waals surface area contributed by atoms with E-state index < -0.39 is 107 Å². The van der Waals surface area contributed by atoms with Crippen molar-refractivity contribution in [3.63, 3.8) is 0 Å². The summed E-state index contributed by atoms with van der Waals surface area (Å²) in [6.07, 6.45) is 0.152. The molecule has 3 fully saturated rings. The quantitative estimate of drug-likeness (QED) is 0.0127. The monoisotopic (exact) mass is 1540 g/mol. The molecule has 0 radical (unpaired) electrons. The Morgan fingerprint density at radius 1 is 0.550 bits per heavy atom. The van der Waals surface area contributed by atoms with E-state index in [9.17, 15) is 44.7 Å². The van der Waals surface area contributed by atoms with Crippen LogP contribution in [0.4, 0.5) is 22.4 Å². The summed E-state index contributed by atoms with van der Waals surface area (Å²) in [4.78, 5) is 92.6. The molecule has 602 valence electrons. The van der Waals surface area contributed by atoms with E-state index >= 15 is 27.2 Å². The Morgan fingerprint density at radius 3 is 1.50 bits per heavy atom. The molecule has 0 saturated carbocycles. The van der Waals surface area contributed by atoms with Crippen molar-refractivity contribution >= 4 is 35.6 Å². The molecule has 12 N–H and O–H groups in total. The number of amides is 6. The van der Waals surface area contributed by atoms with Crippen molar-refractivity contribution in [1.82, 2.24) is 35.6 Å². The minimum atomic E-state index is -2.52. The Hall–Kier alpha value is -8.62. The molecule has 24 heteroatoms. The van der Waals surface area contributed by atoms with Gasteiger partial charge >= 0.3 is 6.09 Å². The maximum absolute atomic E-state index is 16.9. The molecular formula is C87H115F4N9O11. The van der Waals surface area contributed by atoms with Gasteiger partial charge in [-0.1, -0.05) is 109 Å². The van der Waals surface area contributed by atoms with Crippen molar-refractivity contribution in [2.24, 2.45) is 29.2 Å². The molecule has 20 nitrogen and oxygen atoms in total. The van der Waals surface area contributed by atoms with Gasteiger partial charge in [0.05, 0.1) is 29.8 Å². The second kappa shape index (κ2) is 39.7. The lowest BCUT2D eigenvalue weighted by Crippen LogP contribution is -2.61. The summed E-state index contributed by atoms with van der Waals surface area (Å²) in [5, 5.41) is 71.9. The molecule has 3 saturated heterocycles. The lowest BCUT2D eigenvalue weighted by Gasteiger charge is -2.45. The first-order valence-electron chi connectivity index (χ1n) is 39.7. The van der Waals surface area contributed by atoms with E-state index in [1.165, 1.54) is 54.6 Å². The minimum Gasteiger partial charge on any atom is -0.465 e. The molecule has 6 aromatic rings. The van der Waals surface area contributed by atoms with E-state index in [0.717, 1.165) is 22.1 Å². The van der Waals surface area contributed by atoms with Crippen LogP contribution in [0.15, 0.2) is 121 Å². The molecular weight excluding hydrogens is 1420 g/mol. The van der Waals surface area contributed by atoms with Gasteiger partial charge < -0.3 is 67.7 Å². The lowest BCUT2D eigenvalue weighted by molar-refractivity contribution is -0.139. The highest BCUT2D eigenvalue weighted by Gasteiger charge is 2.51. The summed E-state index contributed by atoms with van der Waals surface area (Å²) in [5.74, 6) is -7.90. The van der Waals surface area contributed by atoms with Gasteiger partial charge in [0.15, 0.2) is 0 Å². The number of benzene rings is 6. The fraction of sp³-hybridized carbons (Fsp3) is 0.517. The van der Waals surface area contributed by atoms with Crippen molar-refractivity contribution in [3.8, 4) is 33.4 Å². The number of likely N-dealkylation sites (tertiary alicyclic amines) is 3. The van der Waals surface area contributed by atoms with Crippen LogP contribution in [0.2, 0.25) is 0 Å². The van der Waals surface area contributed by atoms with Crippen LogP contribution in [-0.4, -0.2) is 178 Å². The molecule has 6 aromatic carbocycles. The summed E-state index contributed by atoms with van der Waals surface area (Å²) in [6.45, 7) is 6.80. The maximum Gasteiger partial charge on any atom is 0.408 e. The zero-order valence-corrected chi connectivity index (χ0v) is 65.1. The molecule has 3 aliphatic heterocycles. The molecule has 6 amide bonds. The predicted octanol–water partition coefficient (Wildman–Crippen LogP) is 11.6. The van der Waals surface area contributed by atoms with Crippen LogP contribution < -0.4 is 27.4 Å². The largest absolute Gasteiger partial charge is 0.465 e. The number of nitrogens with one attached hydrogen (secondary N) is 3. The van der Waals surface area contributed by atoms with E-state index in [4.69, 9.17) is 11.5 Å². The van der Waals surface area contributed by atoms with Gasteiger partial charge in [-0.15, -0.1) is 0 Å². The minimum absolute atomic E-state index is 0.00683. The van der Waals surface area contributed by atoms with Crippen LogP contribution in [-0.2, 0) is 47.2 Å². The first-order chi connectivity index (χ1) is 53.2.